The number of rotatable bonds is 2. The van der Waals surface area contributed by atoms with Crippen molar-refractivity contribution in [2.75, 3.05) is 32.8 Å². The number of hydrogen-bond donors (Lipinski definition) is 1. The lowest BCUT2D eigenvalue weighted by molar-refractivity contribution is 0.171. The number of fused-ring (bicyclic) bond motifs is 2. The van der Waals surface area contributed by atoms with E-state index in [2.05, 4.69) is 16.3 Å². The van der Waals surface area contributed by atoms with E-state index in [1.54, 1.807) is 0 Å². The quantitative estimate of drug-likeness (QED) is 0.909. The Kier molecular flexibility index (Phi) is 3.69. The minimum atomic E-state index is 0.577. The largest absolute Gasteiger partial charge is 0.486 e. The van der Waals surface area contributed by atoms with Gasteiger partial charge in [-0.1, -0.05) is 11.6 Å². The van der Waals surface area contributed by atoms with Crippen LogP contribution in [0.4, 0.5) is 0 Å². The fourth-order valence-corrected chi connectivity index (χ4v) is 4.07. The van der Waals surface area contributed by atoms with Crippen molar-refractivity contribution < 1.29 is 9.47 Å². The van der Waals surface area contributed by atoms with Crippen molar-refractivity contribution in [1.29, 1.82) is 0 Å². The highest BCUT2D eigenvalue weighted by molar-refractivity contribution is 6.32. The molecule has 4 nitrogen and oxygen atoms in total. The molecule has 3 aliphatic heterocycles. The monoisotopic (exact) mass is 308 g/mol. The molecule has 4 rings (SSSR count). The summed E-state index contributed by atoms with van der Waals surface area (Å²) in [6.07, 6.45) is 2.67. The van der Waals surface area contributed by atoms with Crippen LogP contribution in [0.3, 0.4) is 0 Å². The van der Waals surface area contributed by atoms with Crippen LogP contribution in [0.1, 0.15) is 18.4 Å². The van der Waals surface area contributed by atoms with Crippen LogP contribution in [-0.4, -0.2) is 43.8 Å². The third-order valence-corrected chi connectivity index (χ3v) is 5.02. The van der Waals surface area contributed by atoms with Gasteiger partial charge in [-0.25, -0.2) is 0 Å². The zero-order valence-corrected chi connectivity index (χ0v) is 12.9. The Balaban J connectivity index is 1.49. The lowest BCUT2D eigenvalue weighted by Crippen LogP contribution is -2.40. The minimum absolute atomic E-state index is 0.577. The van der Waals surface area contributed by atoms with Gasteiger partial charge in [-0.3, -0.25) is 4.90 Å². The van der Waals surface area contributed by atoms with Crippen molar-refractivity contribution in [3.8, 4) is 11.5 Å². The van der Waals surface area contributed by atoms with Crippen molar-refractivity contribution in [3.05, 3.63) is 22.7 Å². The second-order valence-electron chi connectivity index (χ2n) is 6.26. The van der Waals surface area contributed by atoms with Crippen LogP contribution < -0.4 is 14.8 Å². The Labute approximate surface area is 130 Å². The van der Waals surface area contributed by atoms with Crippen LogP contribution in [0.15, 0.2) is 12.1 Å². The van der Waals surface area contributed by atoms with Crippen molar-refractivity contribution >= 4 is 11.6 Å². The molecule has 0 radical (unpaired) electrons. The van der Waals surface area contributed by atoms with Gasteiger partial charge in [0.25, 0.3) is 0 Å². The summed E-state index contributed by atoms with van der Waals surface area (Å²) in [7, 11) is 0. The molecule has 2 atom stereocenters. The van der Waals surface area contributed by atoms with Gasteiger partial charge < -0.3 is 14.8 Å². The minimum Gasteiger partial charge on any atom is -0.486 e. The van der Waals surface area contributed by atoms with E-state index < -0.39 is 0 Å². The predicted molar refractivity (Wildman–Crippen MR) is 82.2 cm³/mol. The summed E-state index contributed by atoms with van der Waals surface area (Å²) in [5.41, 5.74) is 1.21. The molecule has 3 aliphatic rings. The highest BCUT2D eigenvalue weighted by Crippen LogP contribution is 2.39. The predicted octanol–water partition coefficient (Wildman–Crippen LogP) is 2.29. The SMILES string of the molecule is Clc1cc(CN2C[C@@H]3CCCN[C@@H]3C2)cc2c1OCCO2. The van der Waals surface area contributed by atoms with Crippen LogP contribution in [0.5, 0.6) is 11.5 Å². The molecule has 0 aliphatic carbocycles. The lowest BCUT2D eigenvalue weighted by atomic mass is 9.94. The number of benzene rings is 1. The number of halogens is 1. The van der Waals surface area contributed by atoms with E-state index in [-0.39, 0.29) is 0 Å². The molecule has 5 heteroatoms. The third-order valence-electron chi connectivity index (χ3n) is 4.74. The molecule has 0 aromatic heterocycles. The molecule has 1 N–H and O–H groups in total. The van der Waals surface area contributed by atoms with Crippen LogP contribution in [0.2, 0.25) is 5.02 Å². The van der Waals surface area contributed by atoms with Crippen LogP contribution in [-0.2, 0) is 6.54 Å². The molecule has 0 amide bonds. The number of nitrogens with zero attached hydrogens (tertiary/aromatic N) is 1. The number of hydrogen-bond acceptors (Lipinski definition) is 4. The van der Waals surface area contributed by atoms with Crippen LogP contribution in [0, 0.1) is 5.92 Å². The second-order valence-corrected chi connectivity index (χ2v) is 6.67. The van der Waals surface area contributed by atoms with Gasteiger partial charge in [0.1, 0.15) is 13.2 Å². The van der Waals surface area contributed by atoms with Gasteiger partial charge in [-0.15, -0.1) is 0 Å². The Bertz CT molecular complexity index is 523. The zero-order valence-electron chi connectivity index (χ0n) is 12.1. The maximum absolute atomic E-state index is 6.32. The molecule has 1 aromatic rings. The van der Waals surface area contributed by atoms with E-state index in [0.29, 0.717) is 30.0 Å². The summed E-state index contributed by atoms with van der Waals surface area (Å²) in [5.74, 6) is 2.30. The molecule has 114 valence electrons. The maximum atomic E-state index is 6.32. The molecule has 3 heterocycles. The standard InChI is InChI=1S/C16H21ClN2O2/c17-13-6-11(7-15-16(13)21-5-4-20-15)8-19-9-12-2-1-3-18-14(12)10-19/h6-7,12,14,18H,1-5,8-10H2/t12-,14+/m0/s1. The zero-order chi connectivity index (χ0) is 14.2. The van der Waals surface area contributed by atoms with Gasteiger partial charge in [-0.05, 0) is 43.0 Å². The van der Waals surface area contributed by atoms with E-state index in [9.17, 15) is 0 Å². The average molecular weight is 309 g/mol. The number of piperidine rings is 1. The smallest absolute Gasteiger partial charge is 0.179 e. The van der Waals surface area contributed by atoms with Gasteiger partial charge >= 0.3 is 0 Å². The maximum Gasteiger partial charge on any atom is 0.179 e. The summed E-state index contributed by atoms with van der Waals surface area (Å²) < 4.78 is 11.2. The Hall–Kier alpha value is -0.970. The first-order valence-corrected chi connectivity index (χ1v) is 8.21. The third kappa shape index (κ3) is 2.72. The molecular weight excluding hydrogens is 288 g/mol. The Morgan fingerprint density at radius 2 is 2.14 bits per heavy atom. The molecule has 0 bridgehead atoms. The van der Waals surface area contributed by atoms with E-state index in [1.807, 2.05) is 6.07 Å². The van der Waals surface area contributed by atoms with Crippen molar-refractivity contribution in [2.45, 2.75) is 25.4 Å². The molecular formula is C16H21ClN2O2. The lowest BCUT2D eigenvalue weighted by Gasteiger charge is -2.24. The fourth-order valence-electron chi connectivity index (χ4n) is 3.78. The average Bonchev–Trinajstić information content (AvgIpc) is 2.89. The van der Waals surface area contributed by atoms with Gasteiger partial charge in [-0.2, -0.15) is 0 Å². The summed E-state index contributed by atoms with van der Waals surface area (Å²) in [5, 5.41) is 4.31. The highest BCUT2D eigenvalue weighted by Gasteiger charge is 2.34. The number of likely N-dealkylation sites (tertiary alicyclic amines) is 1. The van der Waals surface area contributed by atoms with Gasteiger partial charge in [0.05, 0.1) is 5.02 Å². The Morgan fingerprint density at radius 3 is 3.05 bits per heavy atom. The van der Waals surface area contributed by atoms with Gasteiger partial charge in [0.15, 0.2) is 11.5 Å². The molecule has 21 heavy (non-hydrogen) atoms. The van der Waals surface area contributed by atoms with E-state index >= 15 is 0 Å². The summed E-state index contributed by atoms with van der Waals surface area (Å²) in [6.45, 7) is 5.61. The number of ether oxygens (including phenoxy) is 2. The van der Waals surface area contributed by atoms with Gasteiger partial charge in [0.2, 0.25) is 0 Å². The van der Waals surface area contributed by atoms with Crippen molar-refractivity contribution in [3.63, 3.8) is 0 Å². The first-order valence-electron chi connectivity index (χ1n) is 7.83. The highest BCUT2D eigenvalue weighted by atomic mass is 35.5. The van der Waals surface area contributed by atoms with E-state index in [1.165, 1.54) is 31.5 Å². The van der Waals surface area contributed by atoms with Crippen LogP contribution >= 0.6 is 11.6 Å². The molecule has 2 saturated heterocycles. The first-order chi connectivity index (χ1) is 10.3. The second kappa shape index (κ2) is 5.67. The molecule has 0 unspecified atom stereocenters. The first kappa shape index (κ1) is 13.7. The Morgan fingerprint density at radius 1 is 1.24 bits per heavy atom. The van der Waals surface area contributed by atoms with Crippen LogP contribution in [0.25, 0.3) is 0 Å². The molecule has 2 fully saturated rings. The van der Waals surface area contributed by atoms with E-state index in [0.717, 1.165) is 24.8 Å². The fraction of sp³-hybridized carbons (Fsp3) is 0.625. The van der Waals surface area contributed by atoms with E-state index in [4.69, 9.17) is 21.1 Å². The molecule has 0 spiro atoms. The molecule has 0 saturated carbocycles. The topological polar surface area (TPSA) is 33.7 Å². The summed E-state index contributed by atoms with van der Waals surface area (Å²) in [4.78, 5) is 2.52. The number of nitrogens with one attached hydrogen (secondary N) is 1. The van der Waals surface area contributed by atoms with Crippen molar-refractivity contribution in [2.24, 2.45) is 5.92 Å². The summed E-state index contributed by atoms with van der Waals surface area (Å²) >= 11 is 6.32. The van der Waals surface area contributed by atoms with Gasteiger partial charge in [0, 0.05) is 25.7 Å². The normalized spacial score (nSPS) is 28.4. The van der Waals surface area contributed by atoms with Crippen molar-refractivity contribution in [1.82, 2.24) is 10.2 Å². The summed E-state index contributed by atoms with van der Waals surface area (Å²) in [6, 6.07) is 4.77. The molecule has 1 aromatic carbocycles.